The fourth-order valence-corrected chi connectivity index (χ4v) is 3.99. The number of nitrogens with zero attached hydrogens (tertiary/aromatic N) is 3. The molecule has 2 amide bonds. The van der Waals surface area contributed by atoms with Gasteiger partial charge in [0.15, 0.2) is 6.79 Å². The number of hydrogen-bond acceptors (Lipinski definition) is 7. The summed E-state index contributed by atoms with van der Waals surface area (Å²) in [4.78, 5) is 13.2. The van der Waals surface area contributed by atoms with E-state index in [-0.39, 0.29) is 12.8 Å². The van der Waals surface area contributed by atoms with Crippen molar-refractivity contribution < 1.29 is 14.3 Å². The molecule has 1 saturated heterocycles. The Morgan fingerprint density at radius 1 is 1.32 bits per heavy atom. The number of hydrogen-bond donors (Lipinski definition) is 3. The molecule has 9 heteroatoms. The minimum atomic E-state index is -0.489. The number of carbonyl (C=O) groups excluding carboxylic acids is 1. The van der Waals surface area contributed by atoms with E-state index in [0.29, 0.717) is 18.9 Å². The number of nitrogens with one attached hydrogen (secondary N) is 2. The average Bonchev–Trinajstić information content (AvgIpc) is 2.80. The summed E-state index contributed by atoms with van der Waals surface area (Å²) in [5.41, 5.74) is 8.62. The van der Waals surface area contributed by atoms with Gasteiger partial charge in [0, 0.05) is 43.4 Å². The molecule has 1 fully saturated rings. The number of primary amides is 1. The first-order chi connectivity index (χ1) is 16.5. The Kier molecular flexibility index (Phi) is 9.50. The van der Waals surface area contributed by atoms with Crippen molar-refractivity contribution in [1.29, 1.82) is 0 Å². The second-order valence-electron chi connectivity index (χ2n) is 8.18. The maximum absolute atomic E-state index is 10.9. The van der Waals surface area contributed by atoms with Crippen LogP contribution in [0.3, 0.4) is 0 Å². The van der Waals surface area contributed by atoms with Crippen LogP contribution < -0.4 is 21.1 Å². The van der Waals surface area contributed by atoms with E-state index in [9.17, 15) is 4.79 Å². The van der Waals surface area contributed by atoms with Gasteiger partial charge >= 0.3 is 6.03 Å². The van der Waals surface area contributed by atoms with Crippen LogP contribution in [0.1, 0.15) is 37.8 Å². The SMILES string of the molecule is CC#Cc1ccc(-c2nnc(N[C@@H]3CCCN(CCNC(N)=O)C3)cc2C)c(OCOCC)c1. The van der Waals surface area contributed by atoms with Crippen molar-refractivity contribution in [1.82, 2.24) is 20.4 Å². The second kappa shape index (κ2) is 12.8. The number of nitrogens with two attached hydrogens (primary N) is 1. The molecule has 0 bridgehead atoms. The molecule has 1 aliphatic rings. The van der Waals surface area contributed by atoms with Gasteiger partial charge in [-0.2, -0.15) is 0 Å². The molecule has 4 N–H and O–H groups in total. The summed E-state index contributed by atoms with van der Waals surface area (Å²) in [6, 6.07) is 7.61. The highest BCUT2D eigenvalue weighted by Gasteiger charge is 2.21. The Bertz CT molecular complexity index is 1030. The Morgan fingerprint density at radius 2 is 2.18 bits per heavy atom. The molecule has 1 aromatic carbocycles. The Morgan fingerprint density at radius 3 is 2.91 bits per heavy atom. The largest absolute Gasteiger partial charge is 0.467 e. The fourth-order valence-electron chi connectivity index (χ4n) is 3.99. The van der Waals surface area contributed by atoms with Gasteiger partial charge < -0.3 is 25.8 Å². The molecule has 1 atom stereocenters. The van der Waals surface area contributed by atoms with Gasteiger partial charge in [0.05, 0.1) is 5.69 Å². The van der Waals surface area contributed by atoms with Gasteiger partial charge in [-0.15, -0.1) is 16.1 Å². The summed E-state index contributed by atoms with van der Waals surface area (Å²) in [5.74, 6) is 7.38. The van der Waals surface area contributed by atoms with Crippen LogP contribution in [0.15, 0.2) is 24.3 Å². The molecule has 0 spiro atoms. The fraction of sp³-hybridized carbons (Fsp3) is 0.480. The number of anilines is 1. The zero-order chi connectivity index (χ0) is 24.3. The molecule has 3 rings (SSSR count). The summed E-state index contributed by atoms with van der Waals surface area (Å²) < 4.78 is 11.2. The molecule has 9 nitrogen and oxygen atoms in total. The number of aryl methyl sites for hydroxylation is 1. The van der Waals surface area contributed by atoms with E-state index in [1.807, 2.05) is 38.1 Å². The van der Waals surface area contributed by atoms with Gasteiger partial charge in [-0.05, 0) is 70.0 Å². The standard InChI is InChI=1S/C25H34N6O3/c1-4-7-19-9-10-21(22(15-19)34-17-33-5-2)24-18(3)14-23(29-30-24)28-20-8-6-12-31(16-20)13-11-27-25(26)32/h9-10,14-15,20H,5-6,8,11-13,16-17H2,1-3H3,(H,28,29)(H3,26,27,32)/t20-/m1/s1. The van der Waals surface area contributed by atoms with Gasteiger partial charge in [0.2, 0.25) is 0 Å². The first-order valence-corrected chi connectivity index (χ1v) is 11.6. The van der Waals surface area contributed by atoms with Crippen LogP contribution in [-0.2, 0) is 4.74 Å². The highest BCUT2D eigenvalue weighted by atomic mass is 16.7. The van der Waals surface area contributed by atoms with Gasteiger partial charge in [-0.3, -0.25) is 4.90 Å². The molecule has 0 radical (unpaired) electrons. The molecule has 1 aromatic heterocycles. The number of urea groups is 1. The molecule has 1 aliphatic heterocycles. The van der Waals surface area contributed by atoms with Crippen LogP contribution in [-0.4, -0.2) is 66.7 Å². The van der Waals surface area contributed by atoms with Crippen LogP contribution >= 0.6 is 0 Å². The lowest BCUT2D eigenvalue weighted by atomic mass is 10.0. The smallest absolute Gasteiger partial charge is 0.312 e. The van der Waals surface area contributed by atoms with Crippen molar-refractivity contribution in [2.75, 3.05) is 44.9 Å². The van der Waals surface area contributed by atoms with Crippen LogP contribution in [0.5, 0.6) is 5.75 Å². The summed E-state index contributed by atoms with van der Waals surface area (Å²) >= 11 is 0. The third kappa shape index (κ3) is 7.33. The molecule has 0 saturated carbocycles. The number of aromatic nitrogens is 2. The van der Waals surface area contributed by atoms with E-state index in [2.05, 4.69) is 37.6 Å². The van der Waals surface area contributed by atoms with Crippen molar-refractivity contribution >= 4 is 11.8 Å². The Labute approximate surface area is 201 Å². The molecule has 182 valence electrons. The number of likely N-dealkylation sites (tertiary alicyclic amines) is 1. The quantitative estimate of drug-likeness (QED) is 0.280. The number of amides is 2. The molecular weight excluding hydrogens is 432 g/mol. The summed E-state index contributed by atoms with van der Waals surface area (Å²) in [6.07, 6.45) is 2.13. The molecular formula is C25H34N6O3. The van der Waals surface area contributed by atoms with E-state index < -0.39 is 6.03 Å². The van der Waals surface area contributed by atoms with Crippen LogP contribution in [0.2, 0.25) is 0 Å². The lowest BCUT2D eigenvalue weighted by Gasteiger charge is -2.33. The number of benzene rings is 1. The third-order valence-corrected chi connectivity index (χ3v) is 5.58. The molecule has 0 unspecified atom stereocenters. The van der Waals surface area contributed by atoms with E-state index in [0.717, 1.165) is 60.7 Å². The van der Waals surface area contributed by atoms with Gasteiger partial charge in [0.25, 0.3) is 0 Å². The van der Waals surface area contributed by atoms with Gasteiger partial charge in [-0.1, -0.05) is 5.92 Å². The molecule has 2 heterocycles. The van der Waals surface area contributed by atoms with Crippen molar-refractivity contribution in [3.63, 3.8) is 0 Å². The lowest BCUT2D eigenvalue weighted by molar-refractivity contribution is 0.0227. The zero-order valence-electron chi connectivity index (χ0n) is 20.2. The molecule has 34 heavy (non-hydrogen) atoms. The van der Waals surface area contributed by atoms with Crippen molar-refractivity contribution in [2.45, 2.75) is 39.7 Å². The Hall–Kier alpha value is -3.35. The summed E-state index contributed by atoms with van der Waals surface area (Å²) in [6.45, 7) is 9.68. The number of rotatable bonds is 10. The second-order valence-corrected chi connectivity index (χ2v) is 8.18. The van der Waals surface area contributed by atoms with Gasteiger partial charge in [0.1, 0.15) is 11.6 Å². The van der Waals surface area contributed by atoms with Crippen molar-refractivity contribution in [2.24, 2.45) is 5.73 Å². The normalized spacial score (nSPS) is 15.8. The number of ether oxygens (including phenoxy) is 2. The zero-order valence-corrected chi connectivity index (χ0v) is 20.2. The van der Waals surface area contributed by atoms with E-state index in [1.54, 1.807) is 6.92 Å². The van der Waals surface area contributed by atoms with E-state index in [1.165, 1.54) is 0 Å². The predicted molar refractivity (Wildman–Crippen MR) is 133 cm³/mol. The molecule has 2 aromatic rings. The number of carbonyl (C=O) groups is 1. The maximum Gasteiger partial charge on any atom is 0.312 e. The van der Waals surface area contributed by atoms with E-state index >= 15 is 0 Å². The van der Waals surface area contributed by atoms with Crippen molar-refractivity contribution in [3.05, 3.63) is 35.4 Å². The third-order valence-electron chi connectivity index (χ3n) is 5.58. The minimum Gasteiger partial charge on any atom is -0.467 e. The summed E-state index contributed by atoms with van der Waals surface area (Å²) in [5, 5.41) is 15.1. The first-order valence-electron chi connectivity index (χ1n) is 11.6. The van der Waals surface area contributed by atoms with E-state index in [4.69, 9.17) is 15.2 Å². The lowest BCUT2D eigenvalue weighted by Crippen LogP contribution is -2.45. The first kappa shape index (κ1) is 25.3. The van der Waals surface area contributed by atoms with Crippen LogP contribution in [0, 0.1) is 18.8 Å². The van der Waals surface area contributed by atoms with Crippen LogP contribution in [0.4, 0.5) is 10.6 Å². The topological polar surface area (TPSA) is 115 Å². The predicted octanol–water partition coefficient (Wildman–Crippen LogP) is 2.74. The maximum atomic E-state index is 10.9. The average molecular weight is 467 g/mol. The van der Waals surface area contributed by atoms with Crippen molar-refractivity contribution in [3.8, 4) is 28.8 Å². The Balaban J connectivity index is 1.71. The minimum absolute atomic E-state index is 0.158. The highest BCUT2D eigenvalue weighted by Crippen LogP contribution is 2.32. The van der Waals surface area contributed by atoms with Gasteiger partial charge in [-0.25, -0.2) is 4.79 Å². The number of piperidine rings is 1. The summed E-state index contributed by atoms with van der Waals surface area (Å²) in [7, 11) is 0. The highest BCUT2D eigenvalue weighted by molar-refractivity contribution is 5.72. The monoisotopic (exact) mass is 466 g/mol. The molecule has 0 aliphatic carbocycles. The van der Waals surface area contributed by atoms with Crippen LogP contribution in [0.25, 0.3) is 11.3 Å².